The van der Waals surface area contributed by atoms with Crippen molar-refractivity contribution in [2.75, 3.05) is 61.5 Å². The molecule has 8 rings (SSSR count). The van der Waals surface area contributed by atoms with Crippen LogP contribution >= 0.6 is 0 Å². The predicted octanol–water partition coefficient (Wildman–Crippen LogP) is 3.82. The van der Waals surface area contributed by atoms with Gasteiger partial charge in [-0.05, 0) is 92.5 Å². The second-order valence-corrected chi connectivity index (χ2v) is 24.6. The van der Waals surface area contributed by atoms with Crippen LogP contribution in [0.5, 0.6) is 0 Å². The van der Waals surface area contributed by atoms with Gasteiger partial charge in [0.15, 0.2) is 40.6 Å². The van der Waals surface area contributed by atoms with E-state index in [2.05, 4.69) is 57.1 Å². The number of carbonyl (C=O) groups excluding carboxylic acids is 12. The average molecular weight is 1350 g/mol. The standard InChI is InChI=1S/C67H83N19O12/c1-40(87)68-20-17-59(93)69-21-18-60(94)72-56-37-84(9)62(73-56)66(97)77-58-39-86(11)63(75-58)67(98)76-57-38-85(10)61(74-57)65(96)71-45-31-51(83(8)36-45)64(95)70-19-14-15-46(88)23-41-24-48(80(5)32-41)53(90)29-43-26-50(82(7)34-43)55(92)30-44-27-49(81(6)35-44)54(91)28-42-25-47(79(4)33-42)52(89)16-12-13-22-78(2)3/h24-27,31-39H,12-23,28-30H2,1-11H3,(H,68,87)(H,69,93)(H,70,95)(H,71,96)(H,72,94)(H,76,98)(H,77,97). The molecule has 0 spiro atoms. The van der Waals surface area contributed by atoms with E-state index in [1.165, 1.54) is 70.1 Å². The average Bonchev–Trinajstić information content (AvgIpc) is 1.72. The number of hydrogen-bond donors (Lipinski definition) is 7. The minimum absolute atomic E-state index is 0.000500. The van der Waals surface area contributed by atoms with Crippen LogP contribution in [0.1, 0.15) is 158 Å². The van der Waals surface area contributed by atoms with Crippen LogP contribution in [0.25, 0.3) is 0 Å². The Kier molecular flexibility index (Phi) is 23.9. The Bertz CT molecular complexity index is 4380. The van der Waals surface area contributed by atoms with Crippen LogP contribution < -0.4 is 37.2 Å². The van der Waals surface area contributed by atoms with E-state index in [0.717, 1.165) is 24.9 Å². The molecule has 31 nitrogen and oxygen atoms in total. The lowest BCUT2D eigenvalue weighted by Gasteiger charge is -2.08. The predicted molar refractivity (Wildman–Crippen MR) is 361 cm³/mol. The highest BCUT2D eigenvalue weighted by Crippen LogP contribution is 2.22. The largest absolute Gasteiger partial charge is 0.356 e. The second-order valence-electron chi connectivity index (χ2n) is 24.6. The fourth-order valence-electron chi connectivity index (χ4n) is 11.2. The van der Waals surface area contributed by atoms with Crippen molar-refractivity contribution in [3.63, 3.8) is 0 Å². The smallest absolute Gasteiger partial charge is 0.292 e. The number of amides is 7. The van der Waals surface area contributed by atoms with E-state index in [4.69, 9.17) is 0 Å². The number of aromatic nitrogens is 11. The van der Waals surface area contributed by atoms with E-state index in [1.807, 2.05) is 20.3 Å². The molecule has 0 atom stereocenters. The molecule has 8 heterocycles. The molecule has 0 saturated carbocycles. The zero-order chi connectivity index (χ0) is 71.2. The van der Waals surface area contributed by atoms with Crippen LogP contribution in [0.3, 0.4) is 0 Å². The SMILES string of the molecule is CC(=O)NCCC(=O)NCCC(=O)Nc1cn(C)c(C(=O)Nc2cn(C)c(C(=O)Nc3cn(C)c(C(=O)Nc4cc(C(=O)NCCCC(=O)Cc5cc(C(=O)Cc6cc(C(=O)Cc7cc(C(=O)Cc8cc(C(=O)CCCCN(C)C)n(C)c8)n(C)c7)n(C)c6)n(C)c5)n(C)c4)n3)n2)n1. The maximum absolute atomic E-state index is 13.7. The molecular formula is C67H83N19O12. The summed E-state index contributed by atoms with van der Waals surface area (Å²) in [5.41, 5.74) is 4.98. The van der Waals surface area contributed by atoms with Gasteiger partial charge in [-0.15, -0.1) is 0 Å². The maximum atomic E-state index is 13.7. The van der Waals surface area contributed by atoms with Gasteiger partial charge in [-0.1, -0.05) is 0 Å². The van der Waals surface area contributed by atoms with Gasteiger partial charge in [0.2, 0.25) is 35.2 Å². The van der Waals surface area contributed by atoms with Gasteiger partial charge in [-0.2, -0.15) is 0 Å². The number of hydrogen-bond acceptors (Lipinski definition) is 16. The molecule has 8 aromatic heterocycles. The van der Waals surface area contributed by atoms with Gasteiger partial charge >= 0.3 is 0 Å². The number of ketones is 5. The van der Waals surface area contributed by atoms with E-state index < -0.39 is 29.5 Å². The van der Waals surface area contributed by atoms with Gasteiger partial charge in [0, 0.05) is 184 Å². The zero-order valence-corrected chi connectivity index (χ0v) is 56.9. The third-order valence-electron chi connectivity index (χ3n) is 15.9. The lowest BCUT2D eigenvalue weighted by Crippen LogP contribution is -2.31. The van der Waals surface area contributed by atoms with Crippen LogP contribution in [0.2, 0.25) is 0 Å². The van der Waals surface area contributed by atoms with E-state index in [1.54, 1.807) is 103 Å². The Labute approximate surface area is 564 Å². The molecule has 0 aliphatic carbocycles. The fourth-order valence-corrected chi connectivity index (χ4v) is 11.2. The zero-order valence-electron chi connectivity index (χ0n) is 56.9. The van der Waals surface area contributed by atoms with Gasteiger partial charge in [0.05, 0.1) is 28.5 Å². The summed E-state index contributed by atoms with van der Waals surface area (Å²) in [6.45, 7) is 2.62. The Balaban J connectivity index is 0.742. The summed E-state index contributed by atoms with van der Waals surface area (Å²) >= 11 is 0. The first-order valence-corrected chi connectivity index (χ1v) is 31.7. The van der Waals surface area contributed by atoms with E-state index in [0.29, 0.717) is 52.3 Å². The highest BCUT2D eigenvalue weighted by Gasteiger charge is 2.25. The number of rotatable bonds is 35. The second kappa shape index (κ2) is 32.4. The molecule has 7 N–H and O–H groups in total. The lowest BCUT2D eigenvalue weighted by molar-refractivity contribution is -0.122. The van der Waals surface area contributed by atoms with E-state index >= 15 is 0 Å². The summed E-state index contributed by atoms with van der Waals surface area (Å²) in [7, 11) is 17.2. The first-order valence-electron chi connectivity index (χ1n) is 31.7. The summed E-state index contributed by atoms with van der Waals surface area (Å²) in [5, 5.41) is 18.4. The molecule has 0 fully saturated rings. The molecule has 0 radical (unpaired) electrons. The number of Topliss-reactive ketones (excluding diaryl/α,β-unsaturated/α-hetero) is 5. The number of nitrogens with zero attached hydrogens (tertiary/aromatic N) is 12. The van der Waals surface area contributed by atoms with Crippen molar-refractivity contribution in [1.29, 1.82) is 0 Å². The quantitative estimate of drug-likeness (QED) is 0.0219. The molecule has 0 aromatic carbocycles. The molecular weight excluding hydrogens is 1260 g/mol. The van der Waals surface area contributed by atoms with Crippen LogP contribution in [0.15, 0.2) is 79.9 Å². The van der Waals surface area contributed by atoms with E-state index in [-0.39, 0.29) is 152 Å². The van der Waals surface area contributed by atoms with Crippen molar-refractivity contribution < 1.29 is 57.5 Å². The van der Waals surface area contributed by atoms with Crippen LogP contribution in [-0.2, 0) is 101 Å². The third kappa shape index (κ3) is 19.4. The minimum Gasteiger partial charge on any atom is -0.356 e. The van der Waals surface area contributed by atoms with Crippen LogP contribution in [-0.4, -0.2) is 167 Å². The highest BCUT2D eigenvalue weighted by molar-refractivity contribution is 6.07. The molecule has 98 heavy (non-hydrogen) atoms. The molecule has 31 heteroatoms. The van der Waals surface area contributed by atoms with Gasteiger partial charge in [0.1, 0.15) is 11.5 Å². The molecule has 0 aliphatic rings. The summed E-state index contributed by atoms with van der Waals surface area (Å²) in [6, 6.07) is 8.35. The summed E-state index contributed by atoms with van der Waals surface area (Å²) < 4.78 is 12.5. The number of nitrogens with one attached hydrogen (secondary N) is 7. The molecule has 7 amide bonds. The van der Waals surface area contributed by atoms with Crippen molar-refractivity contribution >= 4 is 93.4 Å². The van der Waals surface area contributed by atoms with Crippen molar-refractivity contribution in [2.24, 2.45) is 56.4 Å². The van der Waals surface area contributed by atoms with Crippen LogP contribution in [0.4, 0.5) is 23.1 Å². The number of unbranched alkanes of at least 4 members (excludes halogenated alkanes) is 1. The normalized spacial score (nSPS) is 11.2. The molecule has 0 bridgehead atoms. The van der Waals surface area contributed by atoms with E-state index in [9.17, 15) is 57.5 Å². The van der Waals surface area contributed by atoms with Gasteiger partial charge in [-0.3, -0.25) is 57.5 Å². The maximum Gasteiger partial charge on any atom is 0.292 e. The number of anilines is 4. The summed E-state index contributed by atoms with van der Waals surface area (Å²) in [4.78, 5) is 170. The lowest BCUT2D eigenvalue weighted by atomic mass is 10.1. The van der Waals surface area contributed by atoms with Crippen molar-refractivity contribution in [2.45, 2.75) is 77.6 Å². The first kappa shape index (κ1) is 72.5. The molecule has 8 aromatic rings. The monoisotopic (exact) mass is 1350 g/mol. The van der Waals surface area contributed by atoms with Crippen molar-refractivity contribution in [1.82, 2.24) is 72.3 Å². The topological polar surface area (TPSA) is 370 Å². The Morgan fingerprint density at radius 3 is 1.23 bits per heavy atom. The Morgan fingerprint density at radius 2 is 0.776 bits per heavy atom. The molecule has 0 saturated heterocycles. The summed E-state index contributed by atoms with van der Waals surface area (Å²) in [5.74, 6) is -4.43. The fraction of sp³-hybridized carbons (Fsp3) is 0.388. The third-order valence-corrected chi connectivity index (χ3v) is 15.9. The van der Waals surface area contributed by atoms with Crippen molar-refractivity contribution in [3.8, 4) is 0 Å². The highest BCUT2D eigenvalue weighted by atomic mass is 16.2. The van der Waals surface area contributed by atoms with Gasteiger partial charge < -0.3 is 78.7 Å². The number of imidazole rings is 3. The summed E-state index contributed by atoms with van der Waals surface area (Å²) in [6.07, 6.45) is 15.6. The van der Waals surface area contributed by atoms with Gasteiger partial charge in [-0.25, -0.2) is 15.0 Å². The number of aryl methyl sites for hydroxylation is 8. The molecule has 518 valence electrons. The molecule has 0 unspecified atom stereocenters. The minimum atomic E-state index is -0.722. The Morgan fingerprint density at radius 1 is 0.367 bits per heavy atom. The van der Waals surface area contributed by atoms with Gasteiger partial charge in [0.25, 0.3) is 23.6 Å². The first-order chi connectivity index (χ1) is 46.5. The number of carbonyl (C=O) groups is 12. The van der Waals surface area contributed by atoms with Crippen molar-refractivity contribution in [3.05, 3.63) is 148 Å². The molecule has 0 aliphatic heterocycles. The van der Waals surface area contributed by atoms with Crippen LogP contribution in [0, 0.1) is 0 Å². The Hall–Kier alpha value is -11.4.